The zero-order valence-electron chi connectivity index (χ0n) is 7.11. The molecule has 1 radical (unpaired) electrons. The summed E-state index contributed by atoms with van der Waals surface area (Å²) in [5, 5.41) is 0. The molecule has 0 saturated heterocycles. The molecule has 0 N–H and O–H groups in total. The molecule has 57 valence electrons. The van der Waals surface area contributed by atoms with Crippen LogP contribution in [0, 0.1) is 24.7 Å². The van der Waals surface area contributed by atoms with Crippen molar-refractivity contribution in [3.05, 3.63) is 6.92 Å². The summed E-state index contributed by atoms with van der Waals surface area (Å²) in [5.41, 5.74) is 0. The molecule has 0 aromatic carbocycles. The monoisotopic (exact) mass is 137 g/mol. The SMILES string of the molecule is [CH2]C#CC(CC)CCCC. The van der Waals surface area contributed by atoms with E-state index in [1.54, 1.807) is 0 Å². The highest BCUT2D eigenvalue weighted by atomic mass is 14.0. The average Bonchev–Trinajstić information content (AvgIpc) is 1.98. The molecule has 0 aliphatic heterocycles. The van der Waals surface area contributed by atoms with Gasteiger partial charge in [-0.05, 0) is 12.8 Å². The van der Waals surface area contributed by atoms with Crippen molar-refractivity contribution in [2.45, 2.75) is 39.5 Å². The third kappa shape index (κ3) is 4.44. The highest BCUT2D eigenvalue weighted by molar-refractivity contribution is 5.05. The molecule has 1 atom stereocenters. The van der Waals surface area contributed by atoms with E-state index < -0.39 is 0 Å². The smallest absolute Gasteiger partial charge is 0.0200 e. The maximum Gasteiger partial charge on any atom is 0.0200 e. The molecule has 0 aliphatic rings. The first kappa shape index (κ1) is 9.56. The number of unbranched alkanes of at least 4 members (excludes halogenated alkanes) is 1. The molecule has 0 aromatic rings. The first-order valence-electron chi connectivity index (χ1n) is 4.12. The Bertz CT molecular complexity index is 114. The van der Waals surface area contributed by atoms with Gasteiger partial charge in [0, 0.05) is 12.8 Å². The minimum Gasteiger partial charge on any atom is -0.102 e. The molecule has 0 spiro atoms. The lowest BCUT2D eigenvalue weighted by Crippen LogP contribution is -1.93. The zero-order chi connectivity index (χ0) is 7.82. The second-order valence-electron chi connectivity index (χ2n) is 2.57. The van der Waals surface area contributed by atoms with Crippen LogP contribution >= 0.6 is 0 Å². The van der Waals surface area contributed by atoms with Gasteiger partial charge in [0.05, 0.1) is 0 Å². The fourth-order valence-electron chi connectivity index (χ4n) is 0.973. The third-order valence-corrected chi connectivity index (χ3v) is 1.71. The molecule has 0 aromatic heterocycles. The Morgan fingerprint density at radius 1 is 1.40 bits per heavy atom. The average molecular weight is 137 g/mol. The Morgan fingerprint density at radius 3 is 2.50 bits per heavy atom. The molecule has 0 amide bonds. The van der Waals surface area contributed by atoms with E-state index in [-0.39, 0.29) is 0 Å². The molecule has 0 saturated carbocycles. The summed E-state index contributed by atoms with van der Waals surface area (Å²) >= 11 is 0. The van der Waals surface area contributed by atoms with Gasteiger partial charge in [0.15, 0.2) is 0 Å². The molecule has 0 bridgehead atoms. The maximum absolute atomic E-state index is 3.52. The molecule has 10 heavy (non-hydrogen) atoms. The fraction of sp³-hybridized carbons (Fsp3) is 0.700. The summed E-state index contributed by atoms with van der Waals surface area (Å²) in [7, 11) is 0. The van der Waals surface area contributed by atoms with E-state index >= 15 is 0 Å². The van der Waals surface area contributed by atoms with Crippen molar-refractivity contribution >= 4 is 0 Å². The quantitative estimate of drug-likeness (QED) is 0.522. The van der Waals surface area contributed by atoms with Gasteiger partial charge in [-0.25, -0.2) is 0 Å². The Labute approximate surface area is 65.0 Å². The molecule has 0 aliphatic carbocycles. The molecule has 0 nitrogen and oxygen atoms in total. The van der Waals surface area contributed by atoms with E-state index in [0.29, 0.717) is 5.92 Å². The Kier molecular flexibility index (Phi) is 6.38. The van der Waals surface area contributed by atoms with Crippen LogP contribution < -0.4 is 0 Å². The highest BCUT2D eigenvalue weighted by Crippen LogP contribution is 2.10. The van der Waals surface area contributed by atoms with Gasteiger partial charge >= 0.3 is 0 Å². The topological polar surface area (TPSA) is 0 Å². The minimum absolute atomic E-state index is 0.595. The first-order chi connectivity index (χ1) is 4.85. The van der Waals surface area contributed by atoms with Crippen molar-refractivity contribution in [3.8, 4) is 11.8 Å². The van der Waals surface area contributed by atoms with E-state index in [1.807, 2.05) is 0 Å². The van der Waals surface area contributed by atoms with Gasteiger partial charge in [-0.2, -0.15) is 0 Å². The van der Waals surface area contributed by atoms with Gasteiger partial charge in [0.1, 0.15) is 0 Å². The highest BCUT2D eigenvalue weighted by Gasteiger charge is 1.98. The molecule has 1 unspecified atom stereocenters. The number of hydrogen-bond acceptors (Lipinski definition) is 0. The van der Waals surface area contributed by atoms with E-state index in [9.17, 15) is 0 Å². The van der Waals surface area contributed by atoms with Crippen molar-refractivity contribution in [3.63, 3.8) is 0 Å². The van der Waals surface area contributed by atoms with Crippen LogP contribution in [0.4, 0.5) is 0 Å². The van der Waals surface area contributed by atoms with Crippen molar-refractivity contribution in [1.29, 1.82) is 0 Å². The summed E-state index contributed by atoms with van der Waals surface area (Å²) in [6.07, 6.45) is 4.99. The Balaban J connectivity index is 3.46. The Hall–Kier alpha value is -0.440. The maximum atomic E-state index is 3.52. The lowest BCUT2D eigenvalue weighted by molar-refractivity contribution is 0.556. The van der Waals surface area contributed by atoms with Gasteiger partial charge in [-0.3, -0.25) is 0 Å². The summed E-state index contributed by atoms with van der Waals surface area (Å²) in [6.45, 7) is 7.92. The van der Waals surface area contributed by atoms with Gasteiger partial charge in [-0.1, -0.05) is 32.6 Å². The summed E-state index contributed by atoms with van der Waals surface area (Å²) in [6, 6.07) is 0. The lowest BCUT2D eigenvalue weighted by atomic mass is 10.0. The predicted octanol–water partition coefficient (Wildman–Crippen LogP) is 3.04. The largest absolute Gasteiger partial charge is 0.102 e. The van der Waals surface area contributed by atoms with Crippen LogP contribution in [0.25, 0.3) is 0 Å². The van der Waals surface area contributed by atoms with Crippen LogP contribution in [0.15, 0.2) is 0 Å². The number of hydrogen-bond donors (Lipinski definition) is 0. The normalized spacial score (nSPS) is 11.9. The second kappa shape index (κ2) is 6.68. The van der Waals surface area contributed by atoms with Crippen molar-refractivity contribution < 1.29 is 0 Å². The molecule has 0 heteroatoms. The lowest BCUT2D eigenvalue weighted by Gasteiger charge is -2.04. The third-order valence-electron chi connectivity index (χ3n) is 1.71. The summed E-state index contributed by atoms with van der Waals surface area (Å²) < 4.78 is 0. The molecule has 0 fully saturated rings. The summed E-state index contributed by atoms with van der Waals surface area (Å²) in [4.78, 5) is 0. The molecular formula is C10H17. The van der Waals surface area contributed by atoms with Gasteiger partial charge < -0.3 is 0 Å². The zero-order valence-corrected chi connectivity index (χ0v) is 7.11. The van der Waals surface area contributed by atoms with Gasteiger partial charge in [0.25, 0.3) is 0 Å². The van der Waals surface area contributed by atoms with Crippen LogP contribution in [-0.2, 0) is 0 Å². The molecular weight excluding hydrogens is 120 g/mol. The number of rotatable bonds is 4. The van der Waals surface area contributed by atoms with Gasteiger partial charge in [-0.15, -0.1) is 5.92 Å². The van der Waals surface area contributed by atoms with Gasteiger partial charge in [0.2, 0.25) is 0 Å². The van der Waals surface area contributed by atoms with Crippen LogP contribution in [0.2, 0.25) is 0 Å². The van der Waals surface area contributed by atoms with E-state index in [0.717, 1.165) is 0 Å². The molecule has 0 rings (SSSR count). The van der Waals surface area contributed by atoms with Crippen LogP contribution in [0.3, 0.4) is 0 Å². The molecule has 0 heterocycles. The predicted molar refractivity (Wildman–Crippen MR) is 46.4 cm³/mol. The van der Waals surface area contributed by atoms with Crippen LogP contribution in [0.1, 0.15) is 39.5 Å². The standard InChI is InChI=1S/C10H17/c1-4-7-9-10(6-3)8-5-2/h10H,2,4,6-7,9H2,1,3H3. The first-order valence-corrected chi connectivity index (χ1v) is 4.12. The van der Waals surface area contributed by atoms with Crippen LogP contribution in [-0.4, -0.2) is 0 Å². The van der Waals surface area contributed by atoms with Crippen molar-refractivity contribution in [2.24, 2.45) is 5.92 Å². The van der Waals surface area contributed by atoms with Crippen molar-refractivity contribution in [1.82, 2.24) is 0 Å². The second-order valence-corrected chi connectivity index (χ2v) is 2.57. The van der Waals surface area contributed by atoms with E-state index in [4.69, 9.17) is 0 Å². The van der Waals surface area contributed by atoms with Crippen molar-refractivity contribution in [2.75, 3.05) is 0 Å². The summed E-state index contributed by atoms with van der Waals surface area (Å²) in [5.74, 6) is 6.43. The minimum atomic E-state index is 0.595. The van der Waals surface area contributed by atoms with E-state index in [1.165, 1.54) is 25.7 Å². The Morgan fingerprint density at radius 2 is 2.10 bits per heavy atom. The van der Waals surface area contributed by atoms with Crippen LogP contribution in [0.5, 0.6) is 0 Å². The fourth-order valence-corrected chi connectivity index (χ4v) is 0.973. The van der Waals surface area contributed by atoms with E-state index in [2.05, 4.69) is 32.6 Å².